The van der Waals surface area contributed by atoms with Gasteiger partial charge in [0.05, 0.1) is 0 Å². The van der Waals surface area contributed by atoms with Gasteiger partial charge in [-0.25, -0.2) is 0 Å². The minimum Gasteiger partial charge on any atom is -0.382 e. The summed E-state index contributed by atoms with van der Waals surface area (Å²) in [6, 6.07) is 4.14. The van der Waals surface area contributed by atoms with E-state index in [2.05, 4.69) is 23.5 Å². The molecule has 0 aliphatic heterocycles. The fourth-order valence-corrected chi connectivity index (χ4v) is 2.55. The standard InChI is InChI=1S/C15H25N3OS/c1-5-18(6-2)15(19)14-11-13(7-9-16-14)17-12(3)8-10-20-4/h7,9,11-12H,5-6,8,10H2,1-4H3,(H,16,17). The molecule has 0 saturated carbocycles. The van der Waals surface area contributed by atoms with E-state index in [9.17, 15) is 4.79 Å². The smallest absolute Gasteiger partial charge is 0.272 e. The van der Waals surface area contributed by atoms with Crippen molar-refractivity contribution >= 4 is 23.4 Å². The van der Waals surface area contributed by atoms with E-state index in [4.69, 9.17) is 0 Å². The molecule has 0 aromatic carbocycles. The van der Waals surface area contributed by atoms with Gasteiger partial charge in [0.15, 0.2) is 0 Å². The van der Waals surface area contributed by atoms with Gasteiger partial charge in [-0.2, -0.15) is 11.8 Å². The van der Waals surface area contributed by atoms with E-state index in [0.717, 1.165) is 17.9 Å². The van der Waals surface area contributed by atoms with Gasteiger partial charge in [0.25, 0.3) is 5.91 Å². The van der Waals surface area contributed by atoms with Gasteiger partial charge in [-0.05, 0) is 51.3 Å². The van der Waals surface area contributed by atoms with Crippen LogP contribution < -0.4 is 5.32 Å². The third-order valence-corrected chi connectivity index (χ3v) is 3.84. The predicted molar refractivity (Wildman–Crippen MR) is 87.6 cm³/mol. The number of carbonyl (C=O) groups is 1. The van der Waals surface area contributed by atoms with Crippen molar-refractivity contribution in [2.45, 2.75) is 33.2 Å². The van der Waals surface area contributed by atoms with Crippen LogP contribution >= 0.6 is 11.8 Å². The SMILES string of the molecule is CCN(CC)C(=O)c1cc(NC(C)CCSC)ccn1. The molecule has 0 aliphatic carbocycles. The number of amides is 1. The number of hydrogen-bond acceptors (Lipinski definition) is 4. The molecule has 0 bridgehead atoms. The molecule has 1 amide bonds. The molecule has 5 heteroatoms. The first-order valence-electron chi connectivity index (χ1n) is 7.13. The van der Waals surface area contributed by atoms with E-state index in [0.29, 0.717) is 24.8 Å². The van der Waals surface area contributed by atoms with Crippen LogP contribution in [0, 0.1) is 0 Å². The molecule has 1 N–H and O–H groups in total. The number of anilines is 1. The maximum absolute atomic E-state index is 12.2. The molecule has 4 nitrogen and oxygen atoms in total. The Balaban J connectivity index is 2.72. The lowest BCUT2D eigenvalue weighted by Gasteiger charge is -2.19. The first-order valence-corrected chi connectivity index (χ1v) is 8.52. The van der Waals surface area contributed by atoms with Gasteiger partial charge < -0.3 is 10.2 Å². The van der Waals surface area contributed by atoms with Crippen molar-refractivity contribution in [1.29, 1.82) is 0 Å². The molecule has 1 heterocycles. The van der Waals surface area contributed by atoms with Crippen LogP contribution in [-0.2, 0) is 0 Å². The maximum atomic E-state index is 12.2. The fraction of sp³-hybridized carbons (Fsp3) is 0.600. The number of hydrogen-bond donors (Lipinski definition) is 1. The number of rotatable bonds is 8. The van der Waals surface area contributed by atoms with Crippen LogP contribution in [0.2, 0.25) is 0 Å². The van der Waals surface area contributed by atoms with E-state index in [1.165, 1.54) is 0 Å². The number of nitrogens with zero attached hydrogens (tertiary/aromatic N) is 2. The van der Waals surface area contributed by atoms with E-state index in [1.807, 2.05) is 37.7 Å². The lowest BCUT2D eigenvalue weighted by molar-refractivity contribution is 0.0767. The molecule has 112 valence electrons. The molecule has 1 rings (SSSR count). The molecule has 0 fully saturated rings. The molecule has 0 aliphatic rings. The van der Waals surface area contributed by atoms with Crippen LogP contribution in [0.4, 0.5) is 5.69 Å². The number of thioether (sulfide) groups is 1. The Labute approximate surface area is 126 Å². The second-order valence-corrected chi connectivity index (χ2v) is 5.72. The number of nitrogens with one attached hydrogen (secondary N) is 1. The summed E-state index contributed by atoms with van der Waals surface area (Å²) in [5.41, 5.74) is 1.47. The zero-order chi connectivity index (χ0) is 15.0. The lowest BCUT2D eigenvalue weighted by Crippen LogP contribution is -2.31. The number of pyridine rings is 1. The summed E-state index contributed by atoms with van der Waals surface area (Å²) in [5, 5.41) is 3.42. The molecule has 0 radical (unpaired) electrons. The summed E-state index contributed by atoms with van der Waals surface area (Å²) in [7, 11) is 0. The fourth-order valence-electron chi connectivity index (χ4n) is 1.96. The van der Waals surface area contributed by atoms with Crippen LogP contribution in [0.15, 0.2) is 18.3 Å². The Morgan fingerprint density at radius 2 is 2.15 bits per heavy atom. The molecular weight excluding hydrogens is 270 g/mol. The quantitative estimate of drug-likeness (QED) is 0.800. The Morgan fingerprint density at radius 3 is 2.75 bits per heavy atom. The summed E-state index contributed by atoms with van der Waals surface area (Å²) >= 11 is 1.85. The second kappa shape index (κ2) is 8.84. The van der Waals surface area contributed by atoms with Gasteiger partial charge in [0.1, 0.15) is 5.69 Å². The van der Waals surface area contributed by atoms with E-state index in [1.54, 1.807) is 11.1 Å². The highest BCUT2D eigenvalue weighted by Crippen LogP contribution is 2.13. The van der Waals surface area contributed by atoms with E-state index < -0.39 is 0 Å². The Hall–Kier alpha value is -1.23. The number of carbonyl (C=O) groups excluding carboxylic acids is 1. The van der Waals surface area contributed by atoms with Crippen molar-refractivity contribution in [1.82, 2.24) is 9.88 Å². The second-order valence-electron chi connectivity index (χ2n) is 4.73. The third kappa shape index (κ3) is 5.04. The van der Waals surface area contributed by atoms with Crippen molar-refractivity contribution in [3.8, 4) is 0 Å². The highest BCUT2D eigenvalue weighted by atomic mass is 32.2. The van der Waals surface area contributed by atoms with E-state index >= 15 is 0 Å². The normalized spacial score (nSPS) is 12.0. The summed E-state index contributed by atoms with van der Waals surface area (Å²) in [5.74, 6) is 1.13. The van der Waals surface area contributed by atoms with Crippen molar-refractivity contribution < 1.29 is 4.79 Å². The van der Waals surface area contributed by atoms with Crippen molar-refractivity contribution in [2.75, 3.05) is 30.4 Å². The van der Waals surface area contributed by atoms with Crippen LogP contribution in [-0.4, -0.2) is 46.9 Å². The van der Waals surface area contributed by atoms with Gasteiger partial charge in [-0.1, -0.05) is 0 Å². The van der Waals surface area contributed by atoms with Crippen LogP contribution in [0.3, 0.4) is 0 Å². The third-order valence-electron chi connectivity index (χ3n) is 3.20. The molecular formula is C15H25N3OS. The first kappa shape index (κ1) is 16.8. The zero-order valence-electron chi connectivity index (χ0n) is 12.8. The molecule has 1 aromatic heterocycles. The van der Waals surface area contributed by atoms with Crippen molar-refractivity contribution in [2.24, 2.45) is 0 Å². The summed E-state index contributed by atoms with van der Waals surface area (Å²) in [4.78, 5) is 18.2. The monoisotopic (exact) mass is 295 g/mol. The largest absolute Gasteiger partial charge is 0.382 e. The minimum atomic E-state index is -0.00424. The first-order chi connectivity index (χ1) is 9.62. The highest BCUT2D eigenvalue weighted by molar-refractivity contribution is 7.98. The summed E-state index contributed by atoms with van der Waals surface area (Å²) in [6.45, 7) is 7.53. The van der Waals surface area contributed by atoms with Gasteiger partial charge >= 0.3 is 0 Å². The Kier molecular flexibility index (Phi) is 7.44. The average Bonchev–Trinajstić information content (AvgIpc) is 2.46. The average molecular weight is 295 g/mol. The summed E-state index contributed by atoms with van der Waals surface area (Å²) in [6.07, 6.45) is 4.91. The molecule has 20 heavy (non-hydrogen) atoms. The Bertz CT molecular complexity index is 421. The van der Waals surface area contributed by atoms with Gasteiger partial charge in [0.2, 0.25) is 0 Å². The van der Waals surface area contributed by atoms with Gasteiger partial charge in [-0.15, -0.1) is 0 Å². The van der Waals surface area contributed by atoms with Crippen LogP contribution in [0.5, 0.6) is 0 Å². The van der Waals surface area contributed by atoms with Crippen LogP contribution in [0.1, 0.15) is 37.7 Å². The van der Waals surface area contributed by atoms with Crippen molar-refractivity contribution in [3.05, 3.63) is 24.0 Å². The van der Waals surface area contributed by atoms with Crippen molar-refractivity contribution in [3.63, 3.8) is 0 Å². The zero-order valence-corrected chi connectivity index (χ0v) is 13.7. The number of aromatic nitrogens is 1. The van der Waals surface area contributed by atoms with Gasteiger partial charge in [0, 0.05) is 31.0 Å². The predicted octanol–water partition coefficient (Wildman–Crippen LogP) is 3.12. The molecule has 0 saturated heterocycles. The van der Waals surface area contributed by atoms with E-state index in [-0.39, 0.29) is 5.91 Å². The molecule has 0 spiro atoms. The summed E-state index contributed by atoms with van der Waals surface area (Å²) < 4.78 is 0. The molecule has 1 atom stereocenters. The van der Waals surface area contributed by atoms with Gasteiger partial charge in [-0.3, -0.25) is 9.78 Å². The molecule has 1 unspecified atom stereocenters. The topological polar surface area (TPSA) is 45.2 Å². The molecule has 1 aromatic rings. The van der Waals surface area contributed by atoms with Crippen LogP contribution in [0.25, 0.3) is 0 Å². The highest BCUT2D eigenvalue weighted by Gasteiger charge is 2.14. The lowest BCUT2D eigenvalue weighted by atomic mass is 10.2. The maximum Gasteiger partial charge on any atom is 0.272 e. The Morgan fingerprint density at radius 1 is 1.45 bits per heavy atom. The minimum absolute atomic E-state index is 0.00424.